The van der Waals surface area contributed by atoms with Crippen LogP contribution in [0.4, 0.5) is 0 Å². The summed E-state index contributed by atoms with van der Waals surface area (Å²) in [7, 11) is 0. The van der Waals surface area contributed by atoms with Crippen LogP contribution in [0.25, 0.3) is 0 Å². The first-order chi connectivity index (χ1) is 6.58. The normalized spacial score (nSPS) is 19.9. The second-order valence-electron chi connectivity index (χ2n) is 4.89. The molecule has 1 aliphatic heterocycles. The van der Waals surface area contributed by atoms with Gasteiger partial charge in [-0.05, 0) is 39.8 Å². The molecule has 0 aromatic carbocycles. The first-order valence-electron chi connectivity index (χ1n) is 5.73. The van der Waals surface area contributed by atoms with Crippen molar-refractivity contribution in [1.29, 1.82) is 0 Å². The largest absolute Gasteiger partial charge is 0.389 e. The summed E-state index contributed by atoms with van der Waals surface area (Å²) >= 11 is 0. The Bertz CT molecular complexity index is 148. The minimum Gasteiger partial charge on any atom is -0.389 e. The molecule has 3 nitrogen and oxygen atoms in total. The molecule has 1 aliphatic rings. The predicted octanol–water partition coefficient (Wildman–Crippen LogP) is 0.833. The first kappa shape index (κ1) is 12.0. The van der Waals surface area contributed by atoms with Crippen LogP contribution < -0.4 is 5.32 Å². The molecule has 14 heavy (non-hydrogen) atoms. The van der Waals surface area contributed by atoms with E-state index in [-0.39, 0.29) is 0 Å². The van der Waals surface area contributed by atoms with Crippen LogP contribution in [0.5, 0.6) is 0 Å². The molecule has 3 heteroatoms. The van der Waals surface area contributed by atoms with Crippen molar-refractivity contribution < 1.29 is 5.11 Å². The van der Waals surface area contributed by atoms with Crippen molar-refractivity contribution in [2.75, 3.05) is 32.7 Å². The van der Waals surface area contributed by atoms with Gasteiger partial charge in [-0.3, -0.25) is 0 Å². The topological polar surface area (TPSA) is 35.5 Å². The average Bonchev–Trinajstić information content (AvgIpc) is 2.13. The van der Waals surface area contributed by atoms with E-state index < -0.39 is 5.60 Å². The van der Waals surface area contributed by atoms with Gasteiger partial charge in [0, 0.05) is 19.6 Å². The van der Waals surface area contributed by atoms with Crippen LogP contribution in [0.3, 0.4) is 0 Å². The van der Waals surface area contributed by atoms with Gasteiger partial charge in [0.25, 0.3) is 0 Å². The molecule has 0 aliphatic carbocycles. The maximum absolute atomic E-state index is 9.48. The lowest BCUT2D eigenvalue weighted by Crippen LogP contribution is -2.40. The van der Waals surface area contributed by atoms with Crippen LogP contribution in [-0.4, -0.2) is 48.3 Å². The average molecular weight is 200 g/mol. The maximum Gasteiger partial charge on any atom is 0.0715 e. The monoisotopic (exact) mass is 200 g/mol. The molecule has 2 N–H and O–H groups in total. The van der Waals surface area contributed by atoms with Gasteiger partial charge in [-0.25, -0.2) is 0 Å². The Kier molecular flexibility index (Phi) is 4.85. The van der Waals surface area contributed by atoms with Crippen molar-refractivity contribution in [1.82, 2.24) is 10.2 Å². The molecule has 1 fully saturated rings. The van der Waals surface area contributed by atoms with Crippen molar-refractivity contribution >= 4 is 0 Å². The van der Waals surface area contributed by atoms with E-state index in [1.54, 1.807) is 0 Å². The van der Waals surface area contributed by atoms with Crippen molar-refractivity contribution in [2.45, 2.75) is 38.7 Å². The van der Waals surface area contributed by atoms with E-state index >= 15 is 0 Å². The molecule has 0 bridgehead atoms. The van der Waals surface area contributed by atoms with Crippen LogP contribution in [0.15, 0.2) is 0 Å². The third-order valence-corrected chi connectivity index (χ3v) is 2.61. The summed E-state index contributed by atoms with van der Waals surface area (Å²) in [6, 6.07) is 0. The quantitative estimate of drug-likeness (QED) is 0.645. The van der Waals surface area contributed by atoms with Crippen LogP contribution >= 0.6 is 0 Å². The highest BCUT2D eigenvalue weighted by atomic mass is 16.3. The van der Waals surface area contributed by atoms with Gasteiger partial charge in [-0.1, -0.05) is 6.42 Å². The Morgan fingerprint density at radius 3 is 2.43 bits per heavy atom. The number of nitrogens with zero attached hydrogens (tertiary/aromatic N) is 1. The molecule has 1 saturated heterocycles. The molecule has 0 unspecified atom stereocenters. The molecule has 0 aromatic rings. The van der Waals surface area contributed by atoms with Gasteiger partial charge in [0.2, 0.25) is 0 Å². The van der Waals surface area contributed by atoms with Crippen molar-refractivity contribution in [2.24, 2.45) is 0 Å². The summed E-state index contributed by atoms with van der Waals surface area (Å²) in [5, 5.41) is 12.8. The zero-order chi connectivity index (χ0) is 10.4. The molecule has 0 atom stereocenters. The van der Waals surface area contributed by atoms with Crippen LogP contribution in [-0.2, 0) is 0 Å². The molecule has 1 heterocycles. The van der Waals surface area contributed by atoms with Gasteiger partial charge < -0.3 is 15.3 Å². The van der Waals surface area contributed by atoms with Crippen molar-refractivity contribution in [3.8, 4) is 0 Å². The van der Waals surface area contributed by atoms with Gasteiger partial charge in [0.1, 0.15) is 0 Å². The van der Waals surface area contributed by atoms with Gasteiger partial charge in [0.15, 0.2) is 0 Å². The lowest BCUT2D eigenvalue weighted by molar-refractivity contribution is 0.0787. The van der Waals surface area contributed by atoms with Gasteiger partial charge >= 0.3 is 0 Å². The minimum absolute atomic E-state index is 0.581. The maximum atomic E-state index is 9.48. The predicted molar refractivity (Wildman–Crippen MR) is 59.5 cm³/mol. The van der Waals surface area contributed by atoms with E-state index in [9.17, 15) is 5.11 Å². The van der Waals surface area contributed by atoms with E-state index in [2.05, 4.69) is 10.2 Å². The van der Waals surface area contributed by atoms with E-state index in [4.69, 9.17) is 0 Å². The molecule has 0 amide bonds. The molecular weight excluding hydrogens is 176 g/mol. The third kappa shape index (κ3) is 5.58. The molecule has 84 valence electrons. The number of piperidine rings is 1. The number of nitrogens with one attached hydrogen (secondary N) is 1. The highest BCUT2D eigenvalue weighted by Crippen LogP contribution is 2.07. The Morgan fingerprint density at radius 2 is 1.86 bits per heavy atom. The fourth-order valence-electron chi connectivity index (χ4n) is 1.81. The van der Waals surface area contributed by atoms with Gasteiger partial charge in [0.05, 0.1) is 5.60 Å². The van der Waals surface area contributed by atoms with Crippen molar-refractivity contribution in [3.05, 3.63) is 0 Å². The van der Waals surface area contributed by atoms with Crippen LogP contribution in [0, 0.1) is 0 Å². The first-order valence-corrected chi connectivity index (χ1v) is 5.73. The highest BCUT2D eigenvalue weighted by Gasteiger charge is 2.12. The summed E-state index contributed by atoms with van der Waals surface area (Å²) in [5.41, 5.74) is -0.581. The fraction of sp³-hybridized carbons (Fsp3) is 1.00. The molecule has 0 spiro atoms. The lowest BCUT2D eigenvalue weighted by Gasteiger charge is -2.27. The Labute approximate surface area is 87.5 Å². The van der Waals surface area contributed by atoms with Gasteiger partial charge in [-0.2, -0.15) is 0 Å². The van der Waals surface area contributed by atoms with E-state index in [1.807, 2.05) is 13.8 Å². The third-order valence-electron chi connectivity index (χ3n) is 2.61. The molecular formula is C11H24N2O. The molecule has 1 rings (SSSR count). The smallest absolute Gasteiger partial charge is 0.0715 e. The minimum atomic E-state index is -0.581. The Hall–Kier alpha value is -0.120. The van der Waals surface area contributed by atoms with Crippen molar-refractivity contribution in [3.63, 3.8) is 0 Å². The number of rotatable bonds is 5. The summed E-state index contributed by atoms with van der Waals surface area (Å²) in [6.07, 6.45) is 4.10. The summed E-state index contributed by atoms with van der Waals surface area (Å²) in [6.45, 7) is 8.97. The summed E-state index contributed by atoms with van der Waals surface area (Å²) in [4.78, 5) is 2.50. The summed E-state index contributed by atoms with van der Waals surface area (Å²) < 4.78 is 0. The highest BCUT2D eigenvalue weighted by molar-refractivity contribution is 4.70. The van der Waals surface area contributed by atoms with E-state index in [0.717, 1.165) is 13.1 Å². The second kappa shape index (κ2) is 5.69. The molecule has 0 saturated carbocycles. The second-order valence-corrected chi connectivity index (χ2v) is 4.89. The number of hydrogen-bond acceptors (Lipinski definition) is 3. The fourth-order valence-corrected chi connectivity index (χ4v) is 1.81. The van der Waals surface area contributed by atoms with Crippen LogP contribution in [0.2, 0.25) is 0 Å². The SMILES string of the molecule is CC(C)(O)CNCCN1CCCCC1. The van der Waals surface area contributed by atoms with E-state index in [0.29, 0.717) is 6.54 Å². The van der Waals surface area contributed by atoms with Crippen LogP contribution in [0.1, 0.15) is 33.1 Å². The molecule has 0 aromatic heterocycles. The lowest BCUT2D eigenvalue weighted by atomic mass is 10.1. The Morgan fingerprint density at radius 1 is 1.21 bits per heavy atom. The number of likely N-dealkylation sites (tertiary alicyclic amines) is 1. The number of hydrogen-bond donors (Lipinski definition) is 2. The zero-order valence-corrected chi connectivity index (χ0v) is 9.55. The standard InChI is InChI=1S/C11H24N2O/c1-11(2,14)10-12-6-9-13-7-4-3-5-8-13/h12,14H,3-10H2,1-2H3. The Balaban J connectivity index is 1.97. The number of aliphatic hydroxyl groups is 1. The molecule has 0 radical (unpaired) electrons. The van der Waals surface area contributed by atoms with E-state index in [1.165, 1.54) is 32.4 Å². The van der Waals surface area contributed by atoms with Gasteiger partial charge in [-0.15, -0.1) is 0 Å². The summed E-state index contributed by atoms with van der Waals surface area (Å²) in [5.74, 6) is 0. The zero-order valence-electron chi connectivity index (χ0n) is 9.55.